The van der Waals surface area contributed by atoms with E-state index in [0.717, 1.165) is 22.3 Å². The highest BCUT2D eigenvalue weighted by molar-refractivity contribution is 5.86. The third kappa shape index (κ3) is 7.97. The first-order valence-electron chi connectivity index (χ1n) is 14.4. The van der Waals surface area contributed by atoms with E-state index in [0.29, 0.717) is 12.8 Å². The van der Waals surface area contributed by atoms with Crippen LogP contribution < -0.4 is 16.0 Å². The Labute approximate surface area is 245 Å². The lowest BCUT2D eigenvalue weighted by atomic mass is 9.98. The number of hydrogen-bond donors (Lipinski definition) is 4. The highest BCUT2D eigenvalue weighted by Gasteiger charge is 2.30. The number of ether oxygens (including phenoxy) is 2. The minimum absolute atomic E-state index is 0.0410. The Balaban J connectivity index is 1.36. The molecule has 4 atom stereocenters. The Kier molecular flexibility index (Phi) is 10.7. The Hall–Kier alpha value is -4.18. The van der Waals surface area contributed by atoms with Crippen molar-refractivity contribution >= 4 is 23.9 Å². The molecule has 0 spiro atoms. The lowest BCUT2D eigenvalue weighted by Crippen LogP contribution is -2.45. The maximum absolute atomic E-state index is 13.0. The number of esters is 1. The first kappa shape index (κ1) is 30.8. The number of allylic oxidation sites excluding steroid dienone is 2. The predicted molar refractivity (Wildman–Crippen MR) is 156 cm³/mol. The smallest absolute Gasteiger partial charge is 0.407 e. The minimum atomic E-state index is -0.939. The Bertz CT molecular complexity index is 1270. The lowest BCUT2D eigenvalue weighted by Gasteiger charge is -2.21. The van der Waals surface area contributed by atoms with Crippen LogP contribution in [0.25, 0.3) is 11.1 Å². The van der Waals surface area contributed by atoms with Crippen LogP contribution in [0.15, 0.2) is 60.7 Å². The first-order valence-corrected chi connectivity index (χ1v) is 14.4. The average molecular weight is 578 g/mol. The van der Waals surface area contributed by atoms with Crippen LogP contribution in [0.4, 0.5) is 4.79 Å². The zero-order chi connectivity index (χ0) is 30.1. The van der Waals surface area contributed by atoms with Crippen molar-refractivity contribution in [2.45, 2.75) is 63.6 Å². The molecule has 0 unspecified atom stereocenters. The molecule has 224 valence electrons. The summed E-state index contributed by atoms with van der Waals surface area (Å²) >= 11 is 0. The van der Waals surface area contributed by atoms with E-state index in [1.54, 1.807) is 19.9 Å². The van der Waals surface area contributed by atoms with Crippen molar-refractivity contribution in [1.29, 1.82) is 0 Å². The zero-order valence-electron chi connectivity index (χ0n) is 24.0. The van der Waals surface area contributed by atoms with Crippen LogP contribution in [0.1, 0.15) is 56.6 Å². The third-order valence-corrected chi connectivity index (χ3v) is 7.49. The molecule has 2 aromatic carbocycles. The van der Waals surface area contributed by atoms with Gasteiger partial charge < -0.3 is 30.5 Å². The van der Waals surface area contributed by atoms with E-state index in [9.17, 15) is 24.3 Å². The normalized spacial score (nSPS) is 21.7. The topological polar surface area (TPSA) is 143 Å². The van der Waals surface area contributed by atoms with Crippen molar-refractivity contribution in [2.24, 2.45) is 5.92 Å². The molecular weight excluding hydrogens is 538 g/mol. The van der Waals surface area contributed by atoms with Crippen LogP contribution in [0.5, 0.6) is 0 Å². The third-order valence-electron chi connectivity index (χ3n) is 7.49. The molecule has 4 rings (SSSR count). The summed E-state index contributed by atoms with van der Waals surface area (Å²) in [7, 11) is 0. The molecule has 0 saturated carbocycles. The summed E-state index contributed by atoms with van der Waals surface area (Å²) in [4.78, 5) is 50.9. The summed E-state index contributed by atoms with van der Waals surface area (Å²) in [5.41, 5.74) is 4.42. The molecule has 10 heteroatoms. The van der Waals surface area contributed by atoms with E-state index in [-0.39, 0.29) is 50.3 Å². The molecule has 1 aliphatic heterocycles. The van der Waals surface area contributed by atoms with Crippen LogP contribution in [-0.4, -0.2) is 66.9 Å². The second kappa shape index (κ2) is 14.6. The molecule has 3 amide bonds. The summed E-state index contributed by atoms with van der Waals surface area (Å²) in [5, 5.41) is 17.2. The van der Waals surface area contributed by atoms with Crippen molar-refractivity contribution in [2.75, 3.05) is 19.8 Å². The molecule has 10 nitrogen and oxygen atoms in total. The lowest BCUT2D eigenvalue weighted by molar-refractivity contribution is -0.151. The number of amides is 3. The predicted octanol–water partition coefficient (Wildman–Crippen LogP) is 3.19. The quantitative estimate of drug-likeness (QED) is 0.292. The van der Waals surface area contributed by atoms with Crippen molar-refractivity contribution < 1.29 is 33.8 Å². The molecule has 0 aromatic heterocycles. The van der Waals surface area contributed by atoms with Gasteiger partial charge in [0.05, 0.1) is 19.1 Å². The number of rotatable bonds is 7. The van der Waals surface area contributed by atoms with E-state index in [1.165, 1.54) is 0 Å². The molecule has 0 fully saturated rings. The van der Waals surface area contributed by atoms with Gasteiger partial charge in [0.2, 0.25) is 11.8 Å². The van der Waals surface area contributed by atoms with Gasteiger partial charge in [-0.2, -0.15) is 0 Å². The first-order chi connectivity index (χ1) is 20.3. The monoisotopic (exact) mass is 577 g/mol. The second-order valence-electron chi connectivity index (χ2n) is 10.9. The number of nitrogens with one attached hydrogen (secondary N) is 3. The number of fused-ring (bicyclic) bond motifs is 3. The molecule has 42 heavy (non-hydrogen) atoms. The van der Waals surface area contributed by atoms with Crippen LogP contribution in [0.2, 0.25) is 0 Å². The molecule has 2 aliphatic rings. The van der Waals surface area contributed by atoms with Gasteiger partial charge >= 0.3 is 12.1 Å². The molecule has 4 N–H and O–H groups in total. The fraction of sp³-hybridized carbons (Fsp3) is 0.438. The minimum Gasteiger partial charge on any atom is -0.459 e. The largest absolute Gasteiger partial charge is 0.459 e. The van der Waals surface area contributed by atoms with Gasteiger partial charge in [0.25, 0.3) is 0 Å². The van der Waals surface area contributed by atoms with E-state index in [4.69, 9.17) is 9.47 Å². The average Bonchev–Trinajstić information content (AvgIpc) is 3.30. The van der Waals surface area contributed by atoms with Gasteiger partial charge in [0.15, 0.2) is 0 Å². The zero-order valence-corrected chi connectivity index (χ0v) is 24.0. The summed E-state index contributed by atoms with van der Waals surface area (Å²) in [5.74, 6) is -2.01. The number of cyclic esters (lactones) is 1. The number of alkyl carbamates (subject to hydrolysis) is 1. The van der Waals surface area contributed by atoms with Crippen LogP contribution in [0.3, 0.4) is 0 Å². The number of carbonyl (C=O) groups excluding carboxylic acids is 4. The van der Waals surface area contributed by atoms with E-state index in [2.05, 4.69) is 28.1 Å². The summed E-state index contributed by atoms with van der Waals surface area (Å²) in [6.45, 7) is 3.29. The molecule has 1 heterocycles. The summed E-state index contributed by atoms with van der Waals surface area (Å²) in [6, 6.07) is 14.7. The Morgan fingerprint density at radius 1 is 1.07 bits per heavy atom. The van der Waals surface area contributed by atoms with Crippen LogP contribution >= 0.6 is 0 Å². The van der Waals surface area contributed by atoms with E-state index < -0.39 is 36.2 Å². The number of carbonyl (C=O) groups is 4. The van der Waals surface area contributed by atoms with Crippen LogP contribution in [-0.2, 0) is 23.9 Å². The molecule has 0 saturated heterocycles. The van der Waals surface area contributed by atoms with Crippen molar-refractivity contribution in [3.05, 3.63) is 71.8 Å². The van der Waals surface area contributed by atoms with Gasteiger partial charge in [0, 0.05) is 18.4 Å². The summed E-state index contributed by atoms with van der Waals surface area (Å²) < 4.78 is 11.1. The van der Waals surface area contributed by atoms with Gasteiger partial charge in [-0.25, -0.2) is 9.59 Å². The van der Waals surface area contributed by atoms with Crippen molar-refractivity contribution in [3.63, 3.8) is 0 Å². The van der Waals surface area contributed by atoms with Gasteiger partial charge in [0.1, 0.15) is 18.8 Å². The number of aliphatic hydroxyl groups excluding tert-OH is 1. The van der Waals surface area contributed by atoms with Gasteiger partial charge in [-0.1, -0.05) is 60.7 Å². The molecule has 0 radical (unpaired) electrons. The van der Waals surface area contributed by atoms with E-state index >= 15 is 0 Å². The standard InChI is InChI=1S/C32H39N3O7/c1-20(18-36)34-29(37)16-22-10-4-3-5-15-28(31(39)42-21(2)17-33-30(22)38)35-32(40)41-19-27-25-13-8-6-11-23(25)24-12-7-9-14-26(24)27/h3-4,6-9,11-14,20-22,27-28,36H,5,10,15-19H2,1-2H3,(H,33,38)(H,34,37)(H,35,40)/t20-,21+,22-,28+/m1/s1. The van der Waals surface area contributed by atoms with Crippen LogP contribution in [0, 0.1) is 5.92 Å². The van der Waals surface area contributed by atoms with Crippen molar-refractivity contribution in [3.8, 4) is 11.1 Å². The number of benzene rings is 2. The van der Waals surface area contributed by atoms with Gasteiger partial charge in [-0.05, 0) is 55.4 Å². The Morgan fingerprint density at radius 3 is 2.40 bits per heavy atom. The molecule has 1 aliphatic carbocycles. The highest BCUT2D eigenvalue weighted by atomic mass is 16.6. The summed E-state index contributed by atoms with van der Waals surface area (Å²) in [6.07, 6.45) is 3.22. The molecule has 2 aromatic rings. The Morgan fingerprint density at radius 2 is 1.74 bits per heavy atom. The molecular formula is C32H39N3O7. The number of hydrogen-bond acceptors (Lipinski definition) is 7. The number of aliphatic hydroxyl groups is 1. The SMILES string of the molecule is C[C@H](CO)NC(=O)C[C@H]1CC=CCC[C@H](NC(=O)OCC2c3ccccc3-c3ccccc32)C(=O)O[C@@H](C)CNC1=O. The maximum Gasteiger partial charge on any atom is 0.407 e. The van der Waals surface area contributed by atoms with E-state index in [1.807, 2.05) is 42.5 Å². The highest BCUT2D eigenvalue weighted by Crippen LogP contribution is 2.44. The second-order valence-corrected chi connectivity index (χ2v) is 10.9. The molecule has 0 bridgehead atoms. The van der Waals surface area contributed by atoms with Gasteiger partial charge in [-0.15, -0.1) is 0 Å². The fourth-order valence-electron chi connectivity index (χ4n) is 5.27. The van der Waals surface area contributed by atoms with Gasteiger partial charge in [-0.3, -0.25) is 9.59 Å². The maximum atomic E-state index is 13.0. The fourth-order valence-corrected chi connectivity index (χ4v) is 5.27. The van der Waals surface area contributed by atoms with Crippen molar-refractivity contribution in [1.82, 2.24) is 16.0 Å².